The Labute approximate surface area is 127 Å². The van der Waals surface area contributed by atoms with Crippen LogP contribution >= 0.6 is 0 Å². The minimum absolute atomic E-state index is 0.422. The predicted molar refractivity (Wildman–Crippen MR) is 86.9 cm³/mol. The third kappa shape index (κ3) is 4.65. The van der Waals surface area contributed by atoms with E-state index < -0.39 is 0 Å². The van der Waals surface area contributed by atoms with E-state index in [1.165, 1.54) is 11.1 Å². The Kier molecular flexibility index (Phi) is 5.47. The fraction of sp³-hybridized carbons (Fsp3) is 0.474. The normalized spacial score (nSPS) is 22.4. The zero-order chi connectivity index (χ0) is 15.2. The third-order valence-corrected chi connectivity index (χ3v) is 3.80. The number of hydrogen-bond acceptors (Lipinski definition) is 2. The van der Waals surface area contributed by atoms with Crippen LogP contribution in [0.25, 0.3) is 6.08 Å². The predicted octanol–water partition coefficient (Wildman–Crippen LogP) is 4.54. The third-order valence-electron chi connectivity index (χ3n) is 3.80. The number of fused-ring (bicyclic) bond motifs is 2. The fourth-order valence-corrected chi connectivity index (χ4v) is 2.50. The van der Waals surface area contributed by atoms with Crippen molar-refractivity contribution in [2.75, 3.05) is 13.2 Å². The molecule has 2 rings (SSSR count). The average Bonchev–Trinajstić information content (AvgIpc) is 2.75. The van der Waals surface area contributed by atoms with E-state index in [0.717, 1.165) is 36.4 Å². The van der Waals surface area contributed by atoms with Crippen LogP contribution in [-0.2, 0) is 11.2 Å². The summed E-state index contributed by atoms with van der Waals surface area (Å²) in [6.45, 7) is 11.5. The van der Waals surface area contributed by atoms with Crippen molar-refractivity contribution in [1.29, 1.82) is 0 Å². The molecule has 0 saturated carbocycles. The largest absolute Gasteiger partial charge is 0.461 e. The van der Waals surface area contributed by atoms with E-state index in [0.29, 0.717) is 19.1 Å². The lowest BCUT2D eigenvalue weighted by molar-refractivity contribution is 0.192. The number of aryl methyl sites for hydroxylation is 1. The molecule has 0 unspecified atom stereocenters. The van der Waals surface area contributed by atoms with Gasteiger partial charge in [-0.25, -0.2) is 0 Å². The minimum Gasteiger partial charge on any atom is -0.461 e. The molecule has 0 fully saturated rings. The van der Waals surface area contributed by atoms with Crippen molar-refractivity contribution < 1.29 is 9.15 Å². The summed E-state index contributed by atoms with van der Waals surface area (Å²) in [5.74, 6) is 8.66. The summed E-state index contributed by atoms with van der Waals surface area (Å²) in [4.78, 5) is 0. The van der Waals surface area contributed by atoms with Gasteiger partial charge in [0.1, 0.15) is 18.1 Å². The quantitative estimate of drug-likeness (QED) is 0.558. The summed E-state index contributed by atoms with van der Waals surface area (Å²) in [7, 11) is 0. The molecule has 0 aromatic carbocycles. The summed E-state index contributed by atoms with van der Waals surface area (Å²) in [6, 6.07) is 2.10. The summed E-state index contributed by atoms with van der Waals surface area (Å²) in [5.41, 5.74) is 3.55. The molecule has 0 saturated heterocycles. The first-order chi connectivity index (χ1) is 10.1. The summed E-state index contributed by atoms with van der Waals surface area (Å²) in [6.07, 6.45) is 4.85. The summed E-state index contributed by atoms with van der Waals surface area (Å²) in [5, 5.41) is 0. The Hall–Kier alpha value is -1.72. The first-order valence-electron chi connectivity index (χ1n) is 7.51. The monoisotopic (exact) mass is 284 g/mol. The molecule has 0 aliphatic carbocycles. The second-order valence-electron chi connectivity index (χ2n) is 5.88. The Morgan fingerprint density at radius 2 is 2.14 bits per heavy atom. The number of hydrogen-bond donors (Lipinski definition) is 0. The van der Waals surface area contributed by atoms with E-state index in [1.807, 2.05) is 13.0 Å². The second-order valence-corrected chi connectivity index (χ2v) is 5.88. The van der Waals surface area contributed by atoms with E-state index in [4.69, 9.17) is 9.15 Å². The number of ether oxygens (including phenoxy) is 1. The Bertz CT molecular complexity index is 593. The molecule has 0 radical (unpaired) electrons. The number of furan rings is 1. The van der Waals surface area contributed by atoms with Crippen molar-refractivity contribution in [1.82, 2.24) is 0 Å². The van der Waals surface area contributed by atoms with Gasteiger partial charge in [0, 0.05) is 12.8 Å². The molecule has 1 aliphatic rings. The Balaban J connectivity index is 2.27. The van der Waals surface area contributed by atoms with Crippen LogP contribution in [0.5, 0.6) is 0 Å². The standard InChI is InChI=1S/C19H24O2/c1-14(2)17-8-6-5-7-9-20-13-15(3)10-18-11-16(4)19(12-17)21-18/h10-11,17H,1,6,8-9,12-13H2,2-4H3/b15-10+/t17-/m0/s1. The molecule has 1 aliphatic heterocycles. The second kappa shape index (κ2) is 7.33. The lowest BCUT2D eigenvalue weighted by Crippen LogP contribution is -2.06. The molecule has 0 N–H and O–H groups in total. The maximum Gasteiger partial charge on any atom is 0.127 e. The van der Waals surface area contributed by atoms with Crippen LogP contribution in [0.3, 0.4) is 0 Å². The number of allylic oxidation sites excluding steroid dienone is 1. The highest BCUT2D eigenvalue weighted by atomic mass is 16.5. The van der Waals surface area contributed by atoms with Gasteiger partial charge in [0.2, 0.25) is 0 Å². The molecule has 0 spiro atoms. The lowest BCUT2D eigenvalue weighted by atomic mass is 9.91. The van der Waals surface area contributed by atoms with Gasteiger partial charge in [-0.05, 0) is 56.4 Å². The molecule has 2 heterocycles. The van der Waals surface area contributed by atoms with E-state index >= 15 is 0 Å². The van der Waals surface area contributed by atoms with Gasteiger partial charge in [-0.1, -0.05) is 18.1 Å². The molecule has 21 heavy (non-hydrogen) atoms. The molecule has 2 nitrogen and oxygen atoms in total. The van der Waals surface area contributed by atoms with Gasteiger partial charge in [-0.3, -0.25) is 0 Å². The van der Waals surface area contributed by atoms with Crippen LogP contribution in [0.15, 0.2) is 28.2 Å². The average molecular weight is 284 g/mol. The van der Waals surface area contributed by atoms with Crippen LogP contribution in [0.4, 0.5) is 0 Å². The van der Waals surface area contributed by atoms with Crippen molar-refractivity contribution in [2.45, 2.75) is 40.0 Å². The molecule has 1 aromatic heterocycles. The smallest absolute Gasteiger partial charge is 0.127 e. The highest BCUT2D eigenvalue weighted by molar-refractivity contribution is 5.49. The van der Waals surface area contributed by atoms with Gasteiger partial charge in [0.05, 0.1) is 6.61 Å². The van der Waals surface area contributed by atoms with Crippen LogP contribution < -0.4 is 0 Å². The molecule has 2 bridgehead atoms. The zero-order valence-corrected chi connectivity index (χ0v) is 13.3. The molecule has 2 heteroatoms. The van der Waals surface area contributed by atoms with E-state index in [2.05, 4.69) is 38.3 Å². The van der Waals surface area contributed by atoms with Crippen molar-refractivity contribution in [3.05, 3.63) is 40.9 Å². The van der Waals surface area contributed by atoms with Crippen LogP contribution in [0.2, 0.25) is 0 Å². The molecular weight excluding hydrogens is 260 g/mol. The SMILES string of the molecule is C=C(C)[C@H]1CCC#CCOC/C(C)=C/c2cc(C)c(o2)C1. The summed E-state index contributed by atoms with van der Waals surface area (Å²) >= 11 is 0. The van der Waals surface area contributed by atoms with E-state index in [1.54, 1.807) is 0 Å². The maximum absolute atomic E-state index is 6.00. The highest BCUT2D eigenvalue weighted by Gasteiger charge is 2.15. The van der Waals surface area contributed by atoms with E-state index in [-0.39, 0.29) is 0 Å². The van der Waals surface area contributed by atoms with Crippen molar-refractivity contribution in [3.63, 3.8) is 0 Å². The minimum atomic E-state index is 0.422. The maximum atomic E-state index is 6.00. The molecule has 1 aromatic rings. The van der Waals surface area contributed by atoms with Gasteiger partial charge in [0.15, 0.2) is 0 Å². The van der Waals surface area contributed by atoms with Crippen molar-refractivity contribution >= 4 is 6.08 Å². The van der Waals surface area contributed by atoms with Crippen LogP contribution in [0, 0.1) is 24.7 Å². The molecular formula is C19H24O2. The first kappa shape index (κ1) is 15.7. The molecule has 0 amide bonds. The molecule has 1 atom stereocenters. The summed E-state index contributed by atoms with van der Waals surface area (Å²) < 4.78 is 11.5. The van der Waals surface area contributed by atoms with Crippen molar-refractivity contribution in [3.8, 4) is 11.8 Å². The zero-order valence-electron chi connectivity index (χ0n) is 13.3. The number of rotatable bonds is 1. The van der Waals surface area contributed by atoms with Crippen molar-refractivity contribution in [2.24, 2.45) is 5.92 Å². The van der Waals surface area contributed by atoms with Crippen LogP contribution in [0.1, 0.15) is 43.8 Å². The van der Waals surface area contributed by atoms with Gasteiger partial charge < -0.3 is 9.15 Å². The Morgan fingerprint density at radius 3 is 2.90 bits per heavy atom. The first-order valence-corrected chi connectivity index (χ1v) is 7.51. The van der Waals surface area contributed by atoms with Crippen LogP contribution in [-0.4, -0.2) is 13.2 Å². The Morgan fingerprint density at radius 1 is 1.33 bits per heavy atom. The highest BCUT2D eigenvalue weighted by Crippen LogP contribution is 2.25. The van der Waals surface area contributed by atoms with Gasteiger partial charge in [-0.15, -0.1) is 5.92 Å². The van der Waals surface area contributed by atoms with Gasteiger partial charge in [-0.2, -0.15) is 0 Å². The molecule has 112 valence electrons. The van der Waals surface area contributed by atoms with Gasteiger partial charge >= 0.3 is 0 Å². The van der Waals surface area contributed by atoms with Gasteiger partial charge in [0.25, 0.3) is 0 Å². The lowest BCUT2D eigenvalue weighted by Gasteiger charge is -2.14. The van der Waals surface area contributed by atoms with E-state index in [9.17, 15) is 0 Å². The topological polar surface area (TPSA) is 22.4 Å². The fourth-order valence-electron chi connectivity index (χ4n) is 2.50.